The molecule has 0 bridgehead atoms. The first-order valence-corrected chi connectivity index (χ1v) is 9.43. The Labute approximate surface area is 172 Å². The maximum Gasteiger partial charge on any atom is 0.273 e. The molecule has 0 aliphatic carbocycles. The maximum atomic E-state index is 12.9. The smallest absolute Gasteiger partial charge is 0.273 e. The Morgan fingerprint density at radius 2 is 1.77 bits per heavy atom. The third-order valence-electron chi connectivity index (χ3n) is 5.06. The number of fused-ring (bicyclic) bond motifs is 3. The summed E-state index contributed by atoms with van der Waals surface area (Å²) in [6.07, 6.45) is 0. The van der Waals surface area contributed by atoms with E-state index in [1.165, 1.54) is 6.07 Å². The minimum absolute atomic E-state index is 0.0230. The van der Waals surface area contributed by atoms with E-state index in [0.29, 0.717) is 33.7 Å². The number of carbonyl (C=O) groups excluding carboxylic acids is 1. The van der Waals surface area contributed by atoms with E-state index in [1.54, 1.807) is 42.5 Å². The van der Waals surface area contributed by atoms with Crippen LogP contribution in [-0.2, 0) is 11.3 Å². The van der Waals surface area contributed by atoms with Crippen molar-refractivity contribution in [2.45, 2.75) is 20.4 Å². The second-order valence-corrected chi connectivity index (χ2v) is 7.02. The highest BCUT2D eigenvalue weighted by Gasteiger charge is 2.19. The molecule has 8 heteroatoms. The first-order chi connectivity index (χ1) is 14.4. The van der Waals surface area contributed by atoms with E-state index in [-0.39, 0.29) is 18.0 Å². The second-order valence-electron chi connectivity index (χ2n) is 7.02. The van der Waals surface area contributed by atoms with Crippen molar-refractivity contribution in [1.82, 2.24) is 14.2 Å². The molecule has 0 atom stereocenters. The van der Waals surface area contributed by atoms with Crippen LogP contribution in [0, 0.1) is 13.8 Å². The van der Waals surface area contributed by atoms with Crippen LogP contribution < -0.4 is 20.3 Å². The summed E-state index contributed by atoms with van der Waals surface area (Å²) in [7, 11) is 3.09. The van der Waals surface area contributed by atoms with E-state index < -0.39 is 0 Å². The van der Waals surface area contributed by atoms with Gasteiger partial charge in [-0.05, 0) is 31.5 Å². The number of aryl methyl sites for hydroxylation is 2. The SMILES string of the molecule is COc1cc2c(cc1OC)n(CC(=O)Nc1ccccc1C)n1c(C)cc(=O)nc21. The van der Waals surface area contributed by atoms with Crippen molar-refractivity contribution >= 4 is 28.1 Å². The molecule has 2 heterocycles. The largest absolute Gasteiger partial charge is 0.493 e. The summed E-state index contributed by atoms with van der Waals surface area (Å²) in [4.78, 5) is 29.1. The molecule has 1 amide bonds. The lowest BCUT2D eigenvalue weighted by atomic mass is 10.2. The summed E-state index contributed by atoms with van der Waals surface area (Å²) >= 11 is 0. The fourth-order valence-corrected chi connectivity index (χ4v) is 3.63. The Morgan fingerprint density at radius 1 is 1.07 bits per heavy atom. The number of para-hydroxylation sites is 1. The number of rotatable bonds is 5. The molecule has 154 valence electrons. The summed E-state index contributed by atoms with van der Waals surface area (Å²) in [5.74, 6) is 0.842. The van der Waals surface area contributed by atoms with Crippen molar-refractivity contribution in [2.24, 2.45) is 0 Å². The Hall–Kier alpha value is -3.81. The number of nitrogens with zero attached hydrogens (tertiary/aromatic N) is 3. The normalized spacial score (nSPS) is 11.1. The third-order valence-corrected chi connectivity index (χ3v) is 5.06. The lowest BCUT2D eigenvalue weighted by Crippen LogP contribution is -2.23. The van der Waals surface area contributed by atoms with Crippen LogP contribution in [0.4, 0.5) is 5.69 Å². The number of amides is 1. The van der Waals surface area contributed by atoms with Crippen LogP contribution in [0.2, 0.25) is 0 Å². The quantitative estimate of drug-likeness (QED) is 0.551. The highest BCUT2D eigenvalue weighted by atomic mass is 16.5. The lowest BCUT2D eigenvalue weighted by Gasteiger charge is -2.13. The zero-order valence-corrected chi connectivity index (χ0v) is 17.2. The van der Waals surface area contributed by atoms with Gasteiger partial charge in [-0.1, -0.05) is 18.2 Å². The van der Waals surface area contributed by atoms with Gasteiger partial charge in [0.1, 0.15) is 6.54 Å². The van der Waals surface area contributed by atoms with Crippen molar-refractivity contribution in [3.8, 4) is 11.5 Å². The Kier molecular flexibility index (Phi) is 4.91. The number of benzene rings is 2. The highest BCUT2D eigenvalue weighted by molar-refractivity contribution is 5.97. The van der Waals surface area contributed by atoms with Gasteiger partial charge in [0, 0.05) is 28.9 Å². The fourth-order valence-electron chi connectivity index (χ4n) is 3.63. The van der Waals surface area contributed by atoms with Gasteiger partial charge in [0.05, 0.1) is 19.7 Å². The molecule has 0 aliphatic heterocycles. The van der Waals surface area contributed by atoms with Crippen molar-refractivity contribution in [3.63, 3.8) is 0 Å². The molecule has 30 heavy (non-hydrogen) atoms. The third kappa shape index (κ3) is 3.26. The molecule has 2 aromatic heterocycles. The molecule has 2 aromatic carbocycles. The van der Waals surface area contributed by atoms with Crippen LogP contribution in [-0.4, -0.2) is 34.3 Å². The van der Waals surface area contributed by atoms with Crippen molar-refractivity contribution in [1.29, 1.82) is 0 Å². The van der Waals surface area contributed by atoms with Gasteiger partial charge in [-0.15, -0.1) is 0 Å². The summed E-state index contributed by atoms with van der Waals surface area (Å²) in [6, 6.07) is 12.6. The van der Waals surface area contributed by atoms with Gasteiger partial charge >= 0.3 is 0 Å². The van der Waals surface area contributed by atoms with E-state index in [9.17, 15) is 9.59 Å². The number of aromatic nitrogens is 3. The number of ether oxygens (including phenoxy) is 2. The predicted molar refractivity (Wildman–Crippen MR) is 115 cm³/mol. The summed E-state index contributed by atoms with van der Waals surface area (Å²) in [5, 5.41) is 3.64. The van der Waals surface area contributed by atoms with Crippen LogP contribution in [0.25, 0.3) is 16.6 Å². The average Bonchev–Trinajstić information content (AvgIpc) is 3.01. The van der Waals surface area contributed by atoms with Crippen LogP contribution in [0.5, 0.6) is 11.5 Å². The van der Waals surface area contributed by atoms with E-state index >= 15 is 0 Å². The average molecular weight is 406 g/mol. The molecule has 0 fully saturated rings. The fraction of sp³-hybridized carbons (Fsp3) is 0.227. The summed E-state index contributed by atoms with van der Waals surface area (Å²) < 4.78 is 14.4. The van der Waals surface area contributed by atoms with Crippen molar-refractivity contribution < 1.29 is 14.3 Å². The Morgan fingerprint density at radius 3 is 2.47 bits per heavy atom. The van der Waals surface area contributed by atoms with Crippen LogP contribution in [0.15, 0.2) is 47.3 Å². The first-order valence-electron chi connectivity index (χ1n) is 9.43. The standard InChI is InChI=1S/C22H22N4O4/c1-13-7-5-6-8-16(13)23-21(28)12-25-17-11-19(30-4)18(29-3)10-15(17)22-24-20(27)9-14(2)26(22)25/h5-11H,12H2,1-4H3,(H,23,28). The van der Waals surface area contributed by atoms with Gasteiger partial charge < -0.3 is 14.8 Å². The molecule has 0 aliphatic rings. The van der Waals surface area contributed by atoms with E-state index in [4.69, 9.17) is 9.47 Å². The van der Waals surface area contributed by atoms with Crippen LogP contribution in [0.1, 0.15) is 11.3 Å². The molecular formula is C22H22N4O4. The lowest BCUT2D eigenvalue weighted by molar-refractivity contribution is -0.116. The van der Waals surface area contributed by atoms with Gasteiger partial charge in [0.25, 0.3) is 5.56 Å². The van der Waals surface area contributed by atoms with Gasteiger partial charge in [-0.2, -0.15) is 4.98 Å². The zero-order chi connectivity index (χ0) is 21.4. The van der Waals surface area contributed by atoms with Crippen LogP contribution >= 0.6 is 0 Å². The molecular weight excluding hydrogens is 384 g/mol. The topological polar surface area (TPSA) is 86.9 Å². The molecule has 1 N–H and O–H groups in total. The molecule has 4 rings (SSSR count). The number of anilines is 1. The summed E-state index contributed by atoms with van der Waals surface area (Å²) in [5.41, 5.74) is 3.21. The van der Waals surface area contributed by atoms with E-state index in [2.05, 4.69) is 10.3 Å². The van der Waals surface area contributed by atoms with E-state index in [0.717, 1.165) is 11.3 Å². The molecule has 0 radical (unpaired) electrons. The number of hydrogen-bond acceptors (Lipinski definition) is 5. The number of hydrogen-bond donors (Lipinski definition) is 1. The molecule has 0 saturated heterocycles. The van der Waals surface area contributed by atoms with Gasteiger partial charge in [-0.3, -0.25) is 14.3 Å². The maximum absolute atomic E-state index is 12.9. The van der Waals surface area contributed by atoms with Crippen molar-refractivity contribution in [2.75, 3.05) is 19.5 Å². The summed E-state index contributed by atoms with van der Waals surface area (Å²) in [6.45, 7) is 3.76. The molecule has 0 saturated carbocycles. The van der Waals surface area contributed by atoms with Gasteiger partial charge in [-0.25, -0.2) is 4.52 Å². The molecule has 0 unspecified atom stereocenters. The van der Waals surface area contributed by atoms with Crippen molar-refractivity contribution in [3.05, 3.63) is 64.1 Å². The monoisotopic (exact) mass is 406 g/mol. The molecule has 8 nitrogen and oxygen atoms in total. The Bertz CT molecular complexity index is 1340. The van der Waals surface area contributed by atoms with E-state index in [1.807, 2.05) is 31.2 Å². The number of carbonyl (C=O) groups is 1. The molecule has 4 aromatic rings. The Balaban J connectivity index is 1.89. The highest BCUT2D eigenvalue weighted by Crippen LogP contribution is 2.34. The second kappa shape index (κ2) is 7.55. The minimum atomic E-state index is -0.342. The number of methoxy groups -OCH3 is 2. The van der Waals surface area contributed by atoms with Gasteiger partial charge in [0.15, 0.2) is 17.1 Å². The van der Waals surface area contributed by atoms with Gasteiger partial charge in [0.2, 0.25) is 5.91 Å². The van der Waals surface area contributed by atoms with Crippen LogP contribution in [0.3, 0.4) is 0 Å². The minimum Gasteiger partial charge on any atom is -0.493 e. The predicted octanol–water partition coefficient (Wildman–Crippen LogP) is 2.92. The first kappa shape index (κ1) is 19.5. The number of nitrogens with one attached hydrogen (secondary N) is 1. The molecule has 0 spiro atoms. The zero-order valence-electron chi connectivity index (χ0n) is 17.2.